The Labute approximate surface area is 244 Å². The number of carbonyl (C=O) groups is 1. The van der Waals surface area contributed by atoms with E-state index in [0.717, 1.165) is 40.2 Å². The number of halogens is 1. The van der Waals surface area contributed by atoms with Gasteiger partial charge in [-0.25, -0.2) is 4.39 Å². The van der Waals surface area contributed by atoms with Crippen LogP contribution in [-0.2, 0) is 33.7 Å². The Morgan fingerprint density at radius 3 is 2.44 bits per heavy atom. The summed E-state index contributed by atoms with van der Waals surface area (Å²) in [5, 5.41) is 3.34. The summed E-state index contributed by atoms with van der Waals surface area (Å²) in [5.41, 5.74) is 5.20. The molecule has 0 aliphatic carbocycles. The van der Waals surface area contributed by atoms with Crippen LogP contribution in [0.2, 0.25) is 0 Å². The smallest absolute Gasteiger partial charge is 0.306 e. The number of rotatable bonds is 13. The molecule has 0 saturated heterocycles. The van der Waals surface area contributed by atoms with E-state index in [4.69, 9.17) is 18.9 Å². The lowest BCUT2D eigenvalue weighted by atomic mass is 9.95. The number of hydrogen-bond donors (Lipinski definition) is 1. The zero-order valence-electron chi connectivity index (χ0n) is 25.3. The first-order valence-electron chi connectivity index (χ1n) is 14.6. The summed E-state index contributed by atoms with van der Waals surface area (Å²) < 4.78 is 37.1. The molecule has 4 rings (SSSR count). The fourth-order valence-corrected chi connectivity index (χ4v) is 4.72. The number of fused-ring (bicyclic) bond motifs is 1. The van der Waals surface area contributed by atoms with Crippen LogP contribution in [0.25, 0.3) is 11.1 Å². The lowest BCUT2D eigenvalue weighted by Gasteiger charge is -2.19. The number of benzene rings is 3. The number of esters is 1. The molecular weight excluding hydrogens is 521 g/mol. The van der Waals surface area contributed by atoms with E-state index in [1.54, 1.807) is 13.0 Å². The average molecular weight is 566 g/mol. The van der Waals surface area contributed by atoms with Gasteiger partial charge in [0.1, 0.15) is 29.5 Å². The monoisotopic (exact) mass is 565 g/mol. The summed E-state index contributed by atoms with van der Waals surface area (Å²) in [7, 11) is 0. The van der Waals surface area contributed by atoms with Gasteiger partial charge in [0, 0.05) is 37.2 Å². The van der Waals surface area contributed by atoms with Crippen molar-refractivity contribution in [2.24, 2.45) is 0 Å². The van der Waals surface area contributed by atoms with E-state index in [2.05, 4.69) is 31.3 Å². The number of carbonyl (C=O) groups excluding carboxylic acids is 1. The van der Waals surface area contributed by atoms with Crippen LogP contribution in [0, 0.1) is 5.82 Å². The Morgan fingerprint density at radius 2 is 1.76 bits per heavy atom. The van der Waals surface area contributed by atoms with Gasteiger partial charge in [-0.2, -0.15) is 0 Å². The highest BCUT2D eigenvalue weighted by Crippen LogP contribution is 2.43. The normalized spacial score (nSPS) is 13.0. The molecule has 41 heavy (non-hydrogen) atoms. The molecule has 1 N–H and O–H groups in total. The Hall–Kier alpha value is -3.58. The van der Waals surface area contributed by atoms with Crippen LogP contribution in [0.1, 0.15) is 64.7 Å². The van der Waals surface area contributed by atoms with Crippen LogP contribution in [0.4, 0.5) is 10.1 Å². The van der Waals surface area contributed by atoms with Crippen LogP contribution in [0.15, 0.2) is 54.6 Å². The number of nitrogens with one attached hydrogen (secondary N) is 1. The van der Waals surface area contributed by atoms with Crippen molar-refractivity contribution >= 4 is 11.7 Å². The van der Waals surface area contributed by atoms with Gasteiger partial charge in [-0.3, -0.25) is 4.79 Å². The lowest BCUT2D eigenvalue weighted by molar-refractivity contribution is -0.143. The van der Waals surface area contributed by atoms with Gasteiger partial charge in [-0.05, 0) is 86.7 Å². The second-order valence-electron chi connectivity index (χ2n) is 10.2. The molecule has 1 aliphatic rings. The van der Waals surface area contributed by atoms with E-state index in [1.165, 1.54) is 6.07 Å². The number of hydrogen-bond acceptors (Lipinski definition) is 6. The predicted octanol–water partition coefficient (Wildman–Crippen LogP) is 7.76. The van der Waals surface area contributed by atoms with Gasteiger partial charge in [0.25, 0.3) is 0 Å². The van der Waals surface area contributed by atoms with E-state index < -0.39 is 0 Å². The SMILES string of the molecule is CC.CCOCCOc1ccc(-c2cc(CNc3ccc(CCC(=O)OCC)c(F)c3)cc3c2OC(C)(C)C3)cc1. The highest BCUT2D eigenvalue weighted by molar-refractivity contribution is 5.75. The average Bonchev–Trinajstić information content (AvgIpc) is 3.28. The second-order valence-corrected chi connectivity index (χ2v) is 10.2. The second kappa shape index (κ2) is 15.4. The molecule has 0 saturated carbocycles. The third kappa shape index (κ3) is 9.22. The molecule has 0 radical (unpaired) electrons. The molecule has 222 valence electrons. The molecule has 6 nitrogen and oxygen atoms in total. The van der Waals surface area contributed by atoms with Gasteiger partial charge < -0.3 is 24.3 Å². The third-order valence-electron chi connectivity index (χ3n) is 6.54. The summed E-state index contributed by atoms with van der Waals surface area (Å²) in [4.78, 5) is 11.6. The first-order valence-corrected chi connectivity index (χ1v) is 14.6. The molecule has 7 heteroatoms. The molecule has 0 fully saturated rings. The Morgan fingerprint density at radius 1 is 1.00 bits per heavy atom. The maximum Gasteiger partial charge on any atom is 0.306 e. The Balaban J connectivity index is 0.00000226. The quantitative estimate of drug-likeness (QED) is 0.169. The molecule has 0 amide bonds. The fraction of sp³-hybridized carbons (Fsp3) is 0.441. The molecular formula is C34H44FNO5. The number of ether oxygens (including phenoxy) is 4. The topological polar surface area (TPSA) is 66.0 Å². The molecule has 0 spiro atoms. The molecule has 1 heterocycles. The standard InChI is InChI=1S/C32H38FNO5.C2H6/c1-5-36-15-16-38-27-12-8-23(9-13-27)28-18-22(17-25-20-32(3,4)39-31(25)28)21-34-26-11-7-24(29(33)19-26)10-14-30(35)37-6-2;1-2/h7-9,11-13,17-19,34H,5-6,10,14-16,20-21H2,1-4H3;1-2H3. The van der Waals surface area contributed by atoms with Crippen molar-refractivity contribution < 1.29 is 28.1 Å². The largest absolute Gasteiger partial charge is 0.491 e. The van der Waals surface area contributed by atoms with Crippen molar-refractivity contribution in [3.8, 4) is 22.6 Å². The highest BCUT2D eigenvalue weighted by Gasteiger charge is 2.32. The Bertz CT molecular complexity index is 1270. The summed E-state index contributed by atoms with van der Waals surface area (Å²) in [5.74, 6) is 1.05. The molecule has 3 aromatic rings. The minimum absolute atomic E-state index is 0.161. The van der Waals surface area contributed by atoms with Crippen LogP contribution in [0.5, 0.6) is 11.5 Å². The van der Waals surface area contributed by atoms with Gasteiger partial charge in [0.05, 0.1) is 13.2 Å². The summed E-state index contributed by atoms with van der Waals surface area (Å²) in [6.07, 6.45) is 1.28. The van der Waals surface area contributed by atoms with Crippen molar-refractivity contribution in [2.75, 3.05) is 31.7 Å². The molecule has 0 unspecified atom stereocenters. The van der Waals surface area contributed by atoms with Crippen LogP contribution in [0.3, 0.4) is 0 Å². The third-order valence-corrected chi connectivity index (χ3v) is 6.54. The van der Waals surface area contributed by atoms with Gasteiger partial charge in [0.2, 0.25) is 0 Å². The van der Waals surface area contributed by atoms with Gasteiger partial charge in [-0.1, -0.05) is 38.1 Å². The van der Waals surface area contributed by atoms with Crippen molar-refractivity contribution in [3.63, 3.8) is 0 Å². The van der Waals surface area contributed by atoms with E-state index in [9.17, 15) is 9.18 Å². The minimum Gasteiger partial charge on any atom is -0.491 e. The van der Waals surface area contributed by atoms with Gasteiger partial charge in [0.15, 0.2) is 0 Å². The summed E-state index contributed by atoms with van der Waals surface area (Å²) in [6, 6.07) is 17.3. The summed E-state index contributed by atoms with van der Waals surface area (Å²) in [6.45, 7) is 14.5. The van der Waals surface area contributed by atoms with E-state index in [0.29, 0.717) is 50.6 Å². The lowest BCUT2D eigenvalue weighted by Crippen LogP contribution is -2.24. The maximum atomic E-state index is 14.7. The van der Waals surface area contributed by atoms with Crippen LogP contribution >= 0.6 is 0 Å². The van der Waals surface area contributed by atoms with Crippen molar-refractivity contribution in [1.82, 2.24) is 0 Å². The van der Waals surface area contributed by atoms with Crippen LogP contribution in [-0.4, -0.2) is 38.0 Å². The van der Waals surface area contributed by atoms with Crippen molar-refractivity contribution in [3.05, 3.63) is 77.1 Å². The van der Waals surface area contributed by atoms with Gasteiger partial charge in [-0.15, -0.1) is 0 Å². The summed E-state index contributed by atoms with van der Waals surface area (Å²) >= 11 is 0. The van der Waals surface area contributed by atoms with Crippen molar-refractivity contribution in [1.29, 1.82) is 0 Å². The maximum absolute atomic E-state index is 14.7. The molecule has 0 bridgehead atoms. The molecule has 1 aliphatic heterocycles. The molecule has 3 aromatic carbocycles. The van der Waals surface area contributed by atoms with Crippen LogP contribution < -0.4 is 14.8 Å². The first kappa shape index (κ1) is 31.9. The van der Waals surface area contributed by atoms with Gasteiger partial charge >= 0.3 is 5.97 Å². The van der Waals surface area contributed by atoms with E-state index >= 15 is 0 Å². The first-order chi connectivity index (χ1) is 19.8. The van der Waals surface area contributed by atoms with E-state index in [1.807, 2.05) is 51.1 Å². The van der Waals surface area contributed by atoms with E-state index in [-0.39, 0.29) is 23.8 Å². The molecule has 0 atom stereocenters. The fourth-order valence-electron chi connectivity index (χ4n) is 4.72. The molecule has 0 aromatic heterocycles. The zero-order valence-corrected chi connectivity index (χ0v) is 25.3. The van der Waals surface area contributed by atoms with Crippen molar-refractivity contribution in [2.45, 2.75) is 73.0 Å². The Kier molecular flexibility index (Phi) is 12.0. The number of aryl methyl sites for hydroxylation is 1. The predicted molar refractivity (Wildman–Crippen MR) is 162 cm³/mol. The highest BCUT2D eigenvalue weighted by atomic mass is 19.1. The minimum atomic E-state index is -0.336. The zero-order chi connectivity index (χ0) is 29.8. The number of anilines is 1.